The van der Waals surface area contributed by atoms with Crippen LogP contribution in [0.5, 0.6) is 0 Å². The Kier molecular flexibility index (Phi) is 3.88. The molecule has 2 heterocycles. The zero-order valence-corrected chi connectivity index (χ0v) is 14.8. The fourth-order valence-corrected chi connectivity index (χ4v) is 3.79. The van der Waals surface area contributed by atoms with Crippen molar-refractivity contribution in [3.63, 3.8) is 0 Å². The first-order valence-corrected chi connectivity index (χ1v) is 8.83. The first kappa shape index (κ1) is 15.4. The molecule has 0 saturated carbocycles. The molecule has 0 aromatic heterocycles. The first-order valence-electron chi connectivity index (χ1n) is 8.04. The fraction of sp³-hybridized carbons (Fsp3) is 0.263. The van der Waals surface area contributed by atoms with Crippen molar-refractivity contribution in [3.05, 3.63) is 69.2 Å². The summed E-state index contributed by atoms with van der Waals surface area (Å²) in [6, 6.07) is 13.9. The number of hydrogen-bond donors (Lipinski definition) is 0. The van der Waals surface area contributed by atoms with E-state index in [9.17, 15) is 9.59 Å². The topological polar surface area (TPSA) is 40.6 Å². The second kappa shape index (κ2) is 6.06. The van der Waals surface area contributed by atoms with Gasteiger partial charge in [0.25, 0.3) is 5.91 Å². The van der Waals surface area contributed by atoms with E-state index in [1.807, 2.05) is 35.2 Å². The van der Waals surface area contributed by atoms with E-state index in [-0.39, 0.29) is 18.4 Å². The highest BCUT2D eigenvalue weighted by Gasteiger charge is 2.30. The van der Waals surface area contributed by atoms with Gasteiger partial charge in [-0.05, 0) is 35.2 Å². The number of hydrogen-bond acceptors (Lipinski definition) is 2. The second-order valence-corrected chi connectivity index (χ2v) is 7.21. The van der Waals surface area contributed by atoms with Gasteiger partial charge in [-0.15, -0.1) is 0 Å². The highest BCUT2D eigenvalue weighted by atomic mass is 79.9. The zero-order valence-electron chi connectivity index (χ0n) is 13.2. The molecular formula is C19H17BrN2O2. The van der Waals surface area contributed by atoms with E-state index >= 15 is 0 Å². The molecule has 0 aliphatic carbocycles. The summed E-state index contributed by atoms with van der Waals surface area (Å²) in [4.78, 5) is 28.6. The zero-order chi connectivity index (χ0) is 16.7. The number of carbonyl (C=O) groups is 2. The smallest absolute Gasteiger partial charge is 0.255 e. The lowest BCUT2D eigenvalue weighted by Gasteiger charge is -2.30. The van der Waals surface area contributed by atoms with Gasteiger partial charge in [0, 0.05) is 29.7 Å². The Morgan fingerprint density at radius 2 is 1.83 bits per heavy atom. The highest BCUT2D eigenvalue weighted by molar-refractivity contribution is 9.10. The Morgan fingerprint density at radius 3 is 2.67 bits per heavy atom. The molecule has 2 aromatic carbocycles. The van der Waals surface area contributed by atoms with Gasteiger partial charge in [-0.1, -0.05) is 46.3 Å². The van der Waals surface area contributed by atoms with E-state index < -0.39 is 0 Å². The lowest BCUT2D eigenvalue weighted by molar-refractivity contribution is -0.132. The molecule has 0 saturated heterocycles. The van der Waals surface area contributed by atoms with Crippen LogP contribution in [0.25, 0.3) is 0 Å². The molecule has 4 nitrogen and oxygen atoms in total. The summed E-state index contributed by atoms with van der Waals surface area (Å²) in [5.74, 6) is -0.0400. The summed E-state index contributed by atoms with van der Waals surface area (Å²) >= 11 is 3.40. The monoisotopic (exact) mass is 384 g/mol. The Labute approximate surface area is 149 Å². The predicted octanol–water partition coefficient (Wildman–Crippen LogP) is 2.99. The molecule has 2 amide bonds. The Bertz CT molecular complexity index is 834. The van der Waals surface area contributed by atoms with E-state index in [1.54, 1.807) is 4.90 Å². The number of nitrogens with zero attached hydrogens (tertiary/aromatic N) is 2. The number of rotatable bonds is 2. The van der Waals surface area contributed by atoms with Gasteiger partial charge in [0.2, 0.25) is 5.91 Å². The van der Waals surface area contributed by atoms with Crippen LogP contribution >= 0.6 is 15.9 Å². The molecule has 24 heavy (non-hydrogen) atoms. The van der Waals surface area contributed by atoms with Crippen LogP contribution in [0.1, 0.15) is 27.0 Å². The lowest BCUT2D eigenvalue weighted by Crippen LogP contribution is -2.42. The Balaban J connectivity index is 1.45. The molecule has 0 fully saturated rings. The van der Waals surface area contributed by atoms with Crippen molar-refractivity contribution >= 4 is 27.7 Å². The van der Waals surface area contributed by atoms with Crippen molar-refractivity contribution in [2.24, 2.45) is 0 Å². The van der Waals surface area contributed by atoms with Gasteiger partial charge >= 0.3 is 0 Å². The lowest BCUT2D eigenvalue weighted by atomic mass is 10.00. The molecule has 2 aliphatic heterocycles. The van der Waals surface area contributed by atoms with E-state index in [0.29, 0.717) is 18.7 Å². The summed E-state index contributed by atoms with van der Waals surface area (Å²) in [5, 5.41) is 0. The molecule has 5 heteroatoms. The van der Waals surface area contributed by atoms with Gasteiger partial charge < -0.3 is 9.80 Å². The van der Waals surface area contributed by atoms with Crippen molar-refractivity contribution in [2.75, 3.05) is 13.1 Å². The van der Waals surface area contributed by atoms with Gasteiger partial charge in [0.1, 0.15) is 6.54 Å². The SMILES string of the molecule is O=C(CN1Cc2ccc(Br)cc2C1=O)N1CCc2ccccc2C1. The summed E-state index contributed by atoms with van der Waals surface area (Å²) < 4.78 is 0.885. The molecule has 0 bridgehead atoms. The predicted molar refractivity (Wildman–Crippen MR) is 94.4 cm³/mol. The maximum atomic E-state index is 12.7. The third-order valence-corrected chi connectivity index (χ3v) is 5.25. The van der Waals surface area contributed by atoms with Crippen LogP contribution in [-0.4, -0.2) is 34.7 Å². The molecule has 0 radical (unpaired) electrons. The van der Waals surface area contributed by atoms with Gasteiger partial charge in [0.05, 0.1) is 0 Å². The quantitative estimate of drug-likeness (QED) is 0.798. The van der Waals surface area contributed by atoms with E-state index in [4.69, 9.17) is 0 Å². The van der Waals surface area contributed by atoms with Crippen LogP contribution in [-0.2, 0) is 24.3 Å². The largest absolute Gasteiger partial charge is 0.336 e. The first-order chi connectivity index (χ1) is 11.6. The normalized spacial score (nSPS) is 16.1. The Hall–Kier alpha value is -2.14. The van der Waals surface area contributed by atoms with Crippen molar-refractivity contribution in [3.8, 4) is 0 Å². The van der Waals surface area contributed by atoms with Crippen molar-refractivity contribution in [1.82, 2.24) is 9.80 Å². The molecule has 0 N–H and O–H groups in total. The highest BCUT2D eigenvalue weighted by Crippen LogP contribution is 2.26. The number of fused-ring (bicyclic) bond motifs is 2. The number of halogens is 1. The van der Waals surface area contributed by atoms with Crippen LogP contribution in [0.2, 0.25) is 0 Å². The average Bonchev–Trinajstić information content (AvgIpc) is 2.90. The molecule has 122 valence electrons. The average molecular weight is 385 g/mol. The maximum Gasteiger partial charge on any atom is 0.255 e. The number of amides is 2. The molecule has 0 spiro atoms. The van der Waals surface area contributed by atoms with Gasteiger partial charge in [0.15, 0.2) is 0 Å². The number of carbonyl (C=O) groups excluding carboxylic acids is 2. The van der Waals surface area contributed by atoms with Crippen molar-refractivity contribution < 1.29 is 9.59 Å². The van der Waals surface area contributed by atoms with Crippen LogP contribution in [0.4, 0.5) is 0 Å². The van der Waals surface area contributed by atoms with Crippen LogP contribution in [0, 0.1) is 0 Å². The van der Waals surface area contributed by atoms with Gasteiger partial charge in [-0.2, -0.15) is 0 Å². The van der Waals surface area contributed by atoms with E-state index in [0.717, 1.165) is 23.0 Å². The minimum Gasteiger partial charge on any atom is -0.336 e. The minimum absolute atomic E-state index is 0.0183. The van der Waals surface area contributed by atoms with Crippen LogP contribution < -0.4 is 0 Å². The van der Waals surface area contributed by atoms with Crippen molar-refractivity contribution in [2.45, 2.75) is 19.5 Å². The molecular weight excluding hydrogens is 368 g/mol. The summed E-state index contributed by atoms with van der Waals surface area (Å²) in [7, 11) is 0. The summed E-state index contributed by atoms with van der Waals surface area (Å²) in [5.41, 5.74) is 4.20. The summed E-state index contributed by atoms with van der Waals surface area (Å²) in [6.07, 6.45) is 0.878. The number of benzene rings is 2. The van der Waals surface area contributed by atoms with Gasteiger partial charge in [-0.3, -0.25) is 9.59 Å². The van der Waals surface area contributed by atoms with Gasteiger partial charge in [-0.25, -0.2) is 0 Å². The molecule has 4 rings (SSSR count). The fourth-order valence-electron chi connectivity index (χ4n) is 3.43. The molecule has 2 aliphatic rings. The van der Waals surface area contributed by atoms with E-state index in [2.05, 4.69) is 28.1 Å². The third kappa shape index (κ3) is 2.73. The van der Waals surface area contributed by atoms with Crippen molar-refractivity contribution in [1.29, 1.82) is 0 Å². The van der Waals surface area contributed by atoms with Crippen LogP contribution in [0.3, 0.4) is 0 Å². The van der Waals surface area contributed by atoms with E-state index in [1.165, 1.54) is 11.1 Å². The third-order valence-electron chi connectivity index (χ3n) is 4.76. The maximum absolute atomic E-state index is 12.7. The standard InChI is InChI=1S/C19H17BrN2O2/c20-16-6-5-15-11-22(19(24)17(15)9-16)12-18(23)21-8-7-13-3-1-2-4-14(13)10-21/h1-6,9H,7-8,10-12H2. The van der Waals surface area contributed by atoms with Crippen LogP contribution in [0.15, 0.2) is 46.9 Å². The minimum atomic E-state index is -0.0583. The molecule has 0 unspecified atom stereocenters. The molecule has 0 atom stereocenters. The second-order valence-electron chi connectivity index (χ2n) is 6.30. The summed E-state index contributed by atoms with van der Waals surface area (Å²) in [6.45, 7) is 2.01. The molecule has 2 aromatic rings. The Morgan fingerprint density at radius 1 is 1.04 bits per heavy atom.